The fraction of sp³-hybridized carbons (Fsp3) is 0.400. The number of hydrogen-bond donors (Lipinski definition) is 3. The molecule has 2 atom stereocenters. The van der Waals surface area contributed by atoms with E-state index >= 15 is 0 Å². The van der Waals surface area contributed by atoms with E-state index in [0.717, 1.165) is 0 Å². The Labute approximate surface area is 340 Å². The molecule has 3 aliphatic heterocycles. The Morgan fingerprint density at radius 3 is 1.95 bits per heavy atom. The highest BCUT2D eigenvalue weighted by atomic mass is 35.5. The minimum absolute atomic E-state index is 0.0333. The van der Waals surface area contributed by atoms with Crippen LogP contribution in [-0.2, 0) is 47.6 Å². The second-order valence-corrected chi connectivity index (χ2v) is 13.6. The number of rotatable bonds is 17. The van der Waals surface area contributed by atoms with Crippen LogP contribution in [0, 0.1) is 0 Å². The van der Waals surface area contributed by atoms with E-state index < -0.39 is 35.7 Å². The summed E-state index contributed by atoms with van der Waals surface area (Å²) < 4.78 is 44.4. The molecule has 306 valence electrons. The minimum atomic E-state index is -1.09. The van der Waals surface area contributed by atoms with Gasteiger partial charge in [-0.15, -0.1) is 0 Å². The Morgan fingerprint density at radius 1 is 0.719 bits per heavy atom. The number of para-hydroxylation sites is 1. The van der Waals surface area contributed by atoms with E-state index in [9.17, 15) is 19.2 Å². The van der Waals surface area contributed by atoms with Gasteiger partial charge >= 0.3 is 23.9 Å². The quantitative estimate of drug-likeness (QED) is 0.113. The summed E-state index contributed by atoms with van der Waals surface area (Å²) in [6.07, 6.45) is 0. The molecular formula is C40H45Cl2N3O12. The highest BCUT2D eigenvalue weighted by molar-refractivity contribution is 6.42. The van der Waals surface area contributed by atoms with Crippen LogP contribution in [0.3, 0.4) is 0 Å². The highest BCUT2D eigenvalue weighted by Crippen LogP contribution is 2.47. The Balaban J connectivity index is 1.38. The smallest absolute Gasteiger partial charge is 0.336 e. The van der Waals surface area contributed by atoms with Gasteiger partial charge in [-0.2, -0.15) is 0 Å². The molecule has 0 saturated heterocycles. The van der Waals surface area contributed by atoms with E-state index in [1.54, 1.807) is 64.1 Å². The molecule has 3 heterocycles. The number of benzene rings is 2. The standard InChI is InChI=1S/C40H45Cl2N3O12/c1-6-53-40(49)34-27(19-52-16-15-51-14-13-43)45-23(4)31(32(34)24-9-7-11-26(41)35(24)42)39(48)55-18-17-54-38(47)30-22(3)44-21(2)29(37(46)50-5)33(30)25-10-8-12-28-36(25)57-20-56-28/h7-12,32-33,44-45H,6,13-20,43H2,1-5H3. The summed E-state index contributed by atoms with van der Waals surface area (Å²) in [5.41, 5.74) is 8.34. The summed E-state index contributed by atoms with van der Waals surface area (Å²) in [6.45, 7) is 7.07. The lowest BCUT2D eigenvalue weighted by Gasteiger charge is -2.32. The first kappa shape index (κ1) is 43.1. The van der Waals surface area contributed by atoms with Crippen molar-refractivity contribution in [3.63, 3.8) is 0 Å². The Morgan fingerprint density at radius 2 is 1.30 bits per heavy atom. The largest absolute Gasteiger partial charge is 0.466 e. The average molecular weight is 831 g/mol. The molecule has 15 nitrogen and oxygen atoms in total. The average Bonchev–Trinajstić information content (AvgIpc) is 3.67. The number of hydrogen-bond acceptors (Lipinski definition) is 15. The molecule has 3 aliphatic rings. The number of halogens is 2. The van der Waals surface area contributed by atoms with Crippen molar-refractivity contribution in [3.05, 3.63) is 103 Å². The molecule has 2 aromatic rings. The topological polar surface area (TPSA) is 192 Å². The van der Waals surface area contributed by atoms with Gasteiger partial charge in [-0.05, 0) is 45.4 Å². The minimum Gasteiger partial charge on any atom is -0.466 e. The van der Waals surface area contributed by atoms with Crippen molar-refractivity contribution in [2.45, 2.75) is 39.5 Å². The molecule has 0 bridgehead atoms. The van der Waals surface area contributed by atoms with Gasteiger partial charge in [0, 0.05) is 29.2 Å². The molecule has 0 aliphatic carbocycles. The second-order valence-electron chi connectivity index (χ2n) is 12.8. The first-order valence-electron chi connectivity index (χ1n) is 18.1. The summed E-state index contributed by atoms with van der Waals surface area (Å²) >= 11 is 13.2. The molecule has 57 heavy (non-hydrogen) atoms. The summed E-state index contributed by atoms with van der Waals surface area (Å²) in [7, 11) is 1.25. The van der Waals surface area contributed by atoms with E-state index in [4.69, 9.17) is 66.8 Å². The molecule has 2 aromatic carbocycles. The van der Waals surface area contributed by atoms with E-state index in [1.165, 1.54) is 7.11 Å². The summed E-state index contributed by atoms with van der Waals surface area (Å²) in [4.78, 5) is 54.7. The van der Waals surface area contributed by atoms with Gasteiger partial charge in [0.15, 0.2) is 11.5 Å². The maximum absolute atomic E-state index is 14.0. The third-order valence-corrected chi connectivity index (χ3v) is 10.0. The number of carbonyl (C=O) groups is 4. The number of dihydropyridines is 2. The van der Waals surface area contributed by atoms with Crippen LogP contribution in [0.4, 0.5) is 0 Å². The first-order chi connectivity index (χ1) is 27.4. The zero-order valence-electron chi connectivity index (χ0n) is 32.2. The Hall–Kier alpha value is -5.06. The van der Waals surface area contributed by atoms with Gasteiger partial charge in [0.05, 0.1) is 90.0 Å². The predicted octanol–water partition coefficient (Wildman–Crippen LogP) is 4.69. The van der Waals surface area contributed by atoms with Gasteiger partial charge < -0.3 is 54.3 Å². The Bertz CT molecular complexity index is 2030. The van der Waals surface area contributed by atoms with Crippen LogP contribution in [0.15, 0.2) is 81.5 Å². The maximum Gasteiger partial charge on any atom is 0.336 e. The van der Waals surface area contributed by atoms with Crippen molar-refractivity contribution >= 4 is 47.1 Å². The lowest BCUT2D eigenvalue weighted by molar-refractivity contribution is -0.148. The van der Waals surface area contributed by atoms with E-state index in [-0.39, 0.29) is 78.8 Å². The van der Waals surface area contributed by atoms with Crippen molar-refractivity contribution < 1.29 is 57.1 Å². The van der Waals surface area contributed by atoms with Crippen molar-refractivity contribution in [2.24, 2.45) is 5.73 Å². The molecule has 2 unspecified atom stereocenters. The summed E-state index contributed by atoms with van der Waals surface area (Å²) in [5.74, 6) is -4.18. The fourth-order valence-electron chi connectivity index (χ4n) is 6.82. The van der Waals surface area contributed by atoms with Crippen LogP contribution in [0.5, 0.6) is 11.5 Å². The zero-order chi connectivity index (χ0) is 41.2. The van der Waals surface area contributed by atoms with E-state index in [0.29, 0.717) is 58.6 Å². The number of methoxy groups -OCH3 is 1. The molecule has 17 heteroatoms. The predicted molar refractivity (Wildman–Crippen MR) is 207 cm³/mol. The van der Waals surface area contributed by atoms with Gasteiger partial charge in [0.1, 0.15) is 13.2 Å². The third-order valence-electron chi connectivity index (χ3n) is 9.21. The molecule has 4 N–H and O–H groups in total. The Kier molecular flexibility index (Phi) is 15.0. The van der Waals surface area contributed by atoms with Crippen molar-refractivity contribution in [1.82, 2.24) is 10.6 Å². The number of fused-ring (bicyclic) bond motifs is 1. The van der Waals surface area contributed by atoms with Crippen LogP contribution in [0.1, 0.15) is 50.7 Å². The fourth-order valence-corrected chi connectivity index (χ4v) is 7.24. The van der Waals surface area contributed by atoms with Gasteiger partial charge in [-0.25, -0.2) is 19.2 Å². The van der Waals surface area contributed by atoms with Gasteiger partial charge in [-0.3, -0.25) is 0 Å². The van der Waals surface area contributed by atoms with Crippen LogP contribution in [0.2, 0.25) is 10.0 Å². The molecule has 0 fully saturated rings. The number of allylic oxidation sites excluding steroid dienone is 3. The van der Waals surface area contributed by atoms with E-state index in [2.05, 4.69) is 10.6 Å². The first-order valence-corrected chi connectivity index (χ1v) is 18.9. The number of carbonyl (C=O) groups excluding carboxylic acids is 4. The lowest BCUT2D eigenvalue weighted by atomic mass is 9.80. The molecule has 5 rings (SSSR count). The molecular weight excluding hydrogens is 785 g/mol. The SMILES string of the molecule is CCOC(=O)C1=C(COCCOCCN)NC(C)=C(C(=O)OCCOC(=O)C2=C(C)NC(C)=C(C(=O)OC)C2c2cccc3c2OCO3)C1c1cccc(Cl)c1Cl. The maximum atomic E-state index is 14.0. The van der Waals surface area contributed by atoms with Gasteiger partial charge in [-0.1, -0.05) is 47.5 Å². The van der Waals surface area contributed by atoms with Crippen LogP contribution >= 0.6 is 23.2 Å². The van der Waals surface area contributed by atoms with Crippen LogP contribution in [-0.4, -0.2) is 90.6 Å². The number of nitrogens with one attached hydrogen (secondary N) is 2. The van der Waals surface area contributed by atoms with Crippen molar-refractivity contribution in [2.75, 3.05) is 66.7 Å². The third kappa shape index (κ3) is 9.57. The number of nitrogens with two attached hydrogens (primary N) is 1. The molecule has 0 amide bonds. The van der Waals surface area contributed by atoms with E-state index in [1.807, 2.05) is 0 Å². The summed E-state index contributed by atoms with van der Waals surface area (Å²) in [5, 5.41) is 6.52. The monoisotopic (exact) mass is 829 g/mol. The number of esters is 4. The van der Waals surface area contributed by atoms with Crippen LogP contribution < -0.4 is 25.8 Å². The van der Waals surface area contributed by atoms with Crippen molar-refractivity contribution in [3.8, 4) is 11.5 Å². The molecule has 0 saturated carbocycles. The molecule has 0 spiro atoms. The normalized spacial score (nSPS) is 17.6. The van der Waals surface area contributed by atoms with Gasteiger partial charge in [0.25, 0.3) is 0 Å². The van der Waals surface area contributed by atoms with Gasteiger partial charge in [0.2, 0.25) is 6.79 Å². The summed E-state index contributed by atoms with van der Waals surface area (Å²) in [6, 6.07) is 10.0. The lowest BCUT2D eigenvalue weighted by Crippen LogP contribution is -2.35. The number of ether oxygens (including phenoxy) is 8. The zero-order valence-corrected chi connectivity index (χ0v) is 33.7. The second kappa shape index (κ2) is 19.9. The highest BCUT2D eigenvalue weighted by Gasteiger charge is 2.42. The molecule has 0 aromatic heterocycles. The van der Waals surface area contributed by atoms with Crippen molar-refractivity contribution in [1.29, 1.82) is 0 Å². The molecule has 0 radical (unpaired) electrons. The van der Waals surface area contributed by atoms with Crippen LogP contribution in [0.25, 0.3) is 0 Å².